The van der Waals surface area contributed by atoms with Crippen LogP contribution in [0.1, 0.15) is 184 Å². The van der Waals surface area contributed by atoms with Gasteiger partial charge in [-0.2, -0.15) is 0 Å². The zero-order valence-electron chi connectivity index (χ0n) is 54.7. The molecule has 17 unspecified atom stereocenters. The van der Waals surface area contributed by atoms with Crippen molar-refractivity contribution in [2.24, 2.45) is 88.8 Å². The molecule has 0 aromatic heterocycles. The smallest absolute Gasteiger partial charge is 0.217 e. The third-order valence-corrected chi connectivity index (χ3v) is 22.9. The summed E-state index contributed by atoms with van der Waals surface area (Å²) in [5.74, 6) is 1.33. The van der Waals surface area contributed by atoms with Gasteiger partial charge in [-0.15, -0.1) is 0 Å². The quantitative estimate of drug-likeness (QED) is 0.0631. The number of hydrogen-bond acceptors (Lipinski definition) is 16. The lowest BCUT2D eigenvalue weighted by atomic mass is 9.78. The molecule has 7 fully saturated rings. The Balaban J connectivity index is 0.941. The zero-order valence-corrected chi connectivity index (χ0v) is 56.2. The molecule has 18 heteroatoms. The van der Waals surface area contributed by atoms with Gasteiger partial charge in [-0.1, -0.05) is 169 Å². The summed E-state index contributed by atoms with van der Waals surface area (Å²) < 4.78 is 95.5. The molecule has 83 heavy (non-hydrogen) atoms. The van der Waals surface area contributed by atoms with Crippen molar-refractivity contribution in [1.29, 1.82) is 5.41 Å². The molecule has 0 aliphatic carbocycles. The Hall–Kier alpha value is -0.510. The maximum atomic E-state index is 10.5. The second kappa shape index (κ2) is 30.5. The Morgan fingerprint density at radius 1 is 0.313 bits per heavy atom. The van der Waals surface area contributed by atoms with Gasteiger partial charge in [0.2, 0.25) is 12.2 Å². The molecule has 2 N–H and O–H groups in total. The molecule has 0 saturated carbocycles. The van der Waals surface area contributed by atoms with Crippen LogP contribution in [-0.4, -0.2) is 146 Å². The third kappa shape index (κ3) is 15.0. The number of aliphatic hydroxyl groups is 1. The molecule has 7 aliphatic rings. The first-order chi connectivity index (χ1) is 39.3. The molecule has 7 aliphatic heterocycles. The molecular formula is C65H115Cl2NO15. The van der Waals surface area contributed by atoms with Crippen molar-refractivity contribution in [3.63, 3.8) is 0 Å². The number of hydrogen-bond donors (Lipinski definition) is 2. The number of aliphatic hydroxyl groups excluding tert-OH is 1. The maximum absolute atomic E-state index is 10.5. The SMILES string of the molecule is CCC1O[C@@H](O[C@@H]2C(CC)O[C@@H](O[C@@H]3C(CC)O[C@@H](O[C@@H]4C(CO)O[C@H](OC(=N)C(Cl)Cl)C(C)C4C)C(C)[C@H]3C)C(C)[C@H]2C)C(C)C(C)[C@@H]1O[C@H]1OC(CC)[C@@H](O[C@@H]2OC(CC)[C@@H](OC3OC(CC)[C@@H](C)[C@H](C)[C@@H]3C)[C@H](C)C2C)C(C)C1C. The van der Waals surface area contributed by atoms with E-state index in [4.69, 9.17) is 94.9 Å². The highest BCUT2D eigenvalue weighted by atomic mass is 35.5. The minimum absolute atomic E-state index is 0.00332. The Bertz CT molecular complexity index is 1970. The fraction of sp³-hybridized carbons (Fsp3) is 0.985. The van der Waals surface area contributed by atoms with Crippen LogP contribution in [0.3, 0.4) is 0 Å². The molecule has 0 aromatic rings. The second-order valence-electron chi connectivity index (χ2n) is 27.2. The van der Waals surface area contributed by atoms with E-state index < -0.39 is 54.8 Å². The van der Waals surface area contributed by atoms with E-state index in [1.165, 1.54) is 0 Å². The average Bonchev–Trinajstić information content (AvgIpc) is 3.66. The van der Waals surface area contributed by atoms with E-state index in [1.54, 1.807) is 0 Å². The number of halogens is 2. The van der Waals surface area contributed by atoms with Crippen molar-refractivity contribution in [3.05, 3.63) is 0 Å². The molecule has 0 radical (unpaired) electrons. The van der Waals surface area contributed by atoms with Crippen molar-refractivity contribution >= 4 is 29.1 Å². The summed E-state index contributed by atoms with van der Waals surface area (Å²) in [6.07, 6.45) is -1.61. The first kappa shape index (κ1) is 70.0. The summed E-state index contributed by atoms with van der Waals surface area (Å²) >= 11 is 11.8. The maximum Gasteiger partial charge on any atom is 0.217 e. The largest absolute Gasteiger partial charge is 0.449 e. The van der Waals surface area contributed by atoms with Crippen LogP contribution in [0.4, 0.5) is 0 Å². The molecule has 0 bridgehead atoms. The second-order valence-corrected chi connectivity index (χ2v) is 28.3. The first-order valence-corrected chi connectivity index (χ1v) is 33.8. The van der Waals surface area contributed by atoms with Gasteiger partial charge >= 0.3 is 0 Å². The van der Waals surface area contributed by atoms with Gasteiger partial charge < -0.3 is 71.4 Å². The fourth-order valence-electron chi connectivity index (χ4n) is 14.7. The fourth-order valence-corrected chi connectivity index (χ4v) is 14.8. The van der Waals surface area contributed by atoms with E-state index in [-0.39, 0.29) is 163 Å². The summed E-state index contributed by atoms with van der Waals surface area (Å²) in [5, 5.41) is 18.5. The molecule has 0 amide bonds. The Morgan fingerprint density at radius 2 is 0.518 bits per heavy atom. The van der Waals surface area contributed by atoms with Gasteiger partial charge in [-0.25, -0.2) is 0 Å². The number of ether oxygens (including phenoxy) is 14. The van der Waals surface area contributed by atoms with Gasteiger partial charge in [0, 0.05) is 41.4 Å². The normalized spacial score (nSPS) is 51.0. The summed E-state index contributed by atoms with van der Waals surface area (Å²) in [6, 6.07) is 0. The molecule has 35 atom stereocenters. The van der Waals surface area contributed by atoms with Crippen LogP contribution in [0.25, 0.3) is 0 Å². The van der Waals surface area contributed by atoms with Crippen LogP contribution in [0.5, 0.6) is 0 Å². The predicted molar refractivity (Wildman–Crippen MR) is 320 cm³/mol. The van der Waals surface area contributed by atoms with Gasteiger partial charge in [0.1, 0.15) is 6.10 Å². The van der Waals surface area contributed by atoms with Crippen LogP contribution in [0.2, 0.25) is 0 Å². The van der Waals surface area contributed by atoms with E-state index in [0.29, 0.717) is 18.3 Å². The van der Waals surface area contributed by atoms with Crippen molar-refractivity contribution in [3.8, 4) is 0 Å². The van der Waals surface area contributed by atoms with Crippen molar-refractivity contribution in [2.75, 3.05) is 6.61 Å². The molecule has 7 saturated heterocycles. The third-order valence-electron chi connectivity index (χ3n) is 22.5. The minimum Gasteiger partial charge on any atom is -0.449 e. The van der Waals surface area contributed by atoms with Crippen LogP contribution in [-0.2, 0) is 66.3 Å². The Labute approximate surface area is 511 Å². The molecule has 7 heterocycles. The molecule has 484 valence electrons. The van der Waals surface area contributed by atoms with Gasteiger partial charge in [0.25, 0.3) is 0 Å². The lowest BCUT2D eigenvalue weighted by molar-refractivity contribution is -0.370. The van der Waals surface area contributed by atoms with Crippen LogP contribution >= 0.6 is 23.2 Å². The summed E-state index contributed by atoms with van der Waals surface area (Å²) in [7, 11) is 0. The monoisotopic (exact) mass is 1220 g/mol. The van der Waals surface area contributed by atoms with Crippen LogP contribution in [0, 0.1) is 94.2 Å². The Morgan fingerprint density at radius 3 is 0.747 bits per heavy atom. The molecule has 7 rings (SSSR count). The van der Waals surface area contributed by atoms with Crippen LogP contribution in [0.15, 0.2) is 0 Å². The number of nitrogens with one attached hydrogen (secondary N) is 1. The summed E-state index contributed by atoms with van der Waals surface area (Å²) in [6.45, 7) is 46.0. The molecule has 0 spiro atoms. The van der Waals surface area contributed by atoms with Gasteiger partial charge in [-0.05, 0) is 85.9 Å². The van der Waals surface area contributed by atoms with Gasteiger partial charge in [0.15, 0.2) is 42.6 Å². The van der Waals surface area contributed by atoms with E-state index in [0.717, 1.165) is 32.1 Å². The molecular weight excluding hydrogens is 1110 g/mol. The number of rotatable bonds is 21. The highest BCUT2D eigenvalue weighted by Gasteiger charge is 2.55. The van der Waals surface area contributed by atoms with Gasteiger partial charge in [0.05, 0.1) is 79.9 Å². The molecule has 0 aromatic carbocycles. The summed E-state index contributed by atoms with van der Waals surface area (Å²) in [4.78, 5) is -1.12. The van der Waals surface area contributed by atoms with Crippen LogP contribution < -0.4 is 0 Å². The molecule has 16 nitrogen and oxygen atoms in total. The average molecular weight is 1220 g/mol. The lowest BCUT2D eigenvalue weighted by Gasteiger charge is -2.52. The first-order valence-electron chi connectivity index (χ1n) is 33.0. The topological polar surface area (TPSA) is 173 Å². The van der Waals surface area contributed by atoms with Crippen molar-refractivity contribution in [1.82, 2.24) is 0 Å². The highest BCUT2D eigenvalue weighted by Crippen LogP contribution is 2.47. The minimum atomic E-state index is -1.12. The van der Waals surface area contributed by atoms with Crippen molar-refractivity contribution in [2.45, 2.75) is 312 Å². The van der Waals surface area contributed by atoms with E-state index in [2.05, 4.69) is 132 Å². The zero-order chi connectivity index (χ0) is 61.2. The summed E-state index contributed by atoms with van der Waals surface area (Å²) in [5.41, 5.74) is 0. The van der Waals surface area contributed by atoms with E-state index in [1.807, 2.05) is 13.8 Å². The predicted octanol–water partition coefficient (Wildman–Crippen LogP) is 13.2. The van der Waals surface area contributed by atoms with E-state index >= 15 is 0 Å². The van der Waals surface area contributed by atoms with Crippen molar-refractivity contribution < 1.29 is 71.4 Å². The standard InChI is InChI=1S/C65H115Cl2NO15/c1-22-44-30(8)29(7)37(15)59(70-44)77-51-31(9)38(16)60(71-45(51)23-2)78-52-32(10)39(17)61(72-46(52)24-3)79-53-33(11)40(18)62(73-47(53)25-4)80-54-34(12)41(19)63(74-48(54)26-5)81-55-35(13)42(20)64(75-49(55)27-6)82-56-36(14)43(21)65(76-50(56)28-69)83-58(68)57(66)67/h29-57,59-65,68-69H,22-28H2,1-21H3/t29-,30-,31+,32?,33?,34+,35+,36?,37-,38?,39?,40?,41?,42?,43?,44?,45?,46?,47?,48?,49?,50?,51-,52-,53-,54-,55-,56-,59?,60-,61+,62-,63-,64-,65+/m0/s1. The van der Waals surface area contributed by atoms with E-state index in [9.17, 15) is 5.11 Å². The Kier molecular flexibility index (Phi) is 25.7. The van der Waals surface area contributed by atoms with Gasteiger partial charge in [-0.3, -0.25) is 5.41 Å². The highest BCUT2D eigenvalue weighted by molar-refractivity contribution is 6.53. The number of alkyl halides is 2. The lowest BCUT2D eigenvalue weighted by Crippen LogP contribution is -2.60.